The van der Waals surface area contributed by atoms with E-state index in [2.05, 4.69) is 48.2 Å². The number of likely N-dealkylation sites (tertiary alicyclic amines) is 1. The first-order chi connectivity index (χ1) is 11.9. The van der Waals surface area contributed by atoms with Gasteiger partial charge in [-0.1, -0.05) is 27.7 Å². The van der Waals surface area contributed by atoms with E-state index in [-0.39, 0.29) is 29.4 Å². The van der Waals surface area contributed by atoms with Gasteiger partial charge >= 0.3 is 0 Å². The number of piperidine rings is 1. The van der Waals surface area contributed by atoms with Crippen LogP contribution in [0, 0.1) is 17.3 Å². The Labute approximate surface area is 177 Å². The summed E-state index contributed by atoms with van der Waals surface area (Å²) in [6, 6.07) is 1.00. The molecule has 2 N–H and O–H groups in total. The predicted molar refractivity (Wildman–Crippen MR) is 119 cm³/mol. The van der Waals surface area contributed by atoms with Gasteiger partial charge in [-0.2, -0.15) is 0 Å². The van der Waals surface area contributed by atoms with Crippen LogP contribution in [0.15, 0.2) is 4.99 Å². The number of guanidine groups is 1. The fraction of sp³-hybridized carbons (Fsp3) is 0.950. The number of aliphatic imine (C=N–C) groups is 1. The van der Waals surface area contributed by atoms with Gasteiger partial charge in [0.25, 0.3) is 0 Å². The summed E-state index contributed by atoms with van der Waals surface area (Å²) in [5.74, 6) is 2.37. The molecule has 1 aliphatic carbocycles. The van der Waals surface area contributed by atoms with Crippen LogP contribution in [0.4, 0.5) is 0 Å². The maximum atomic E-state index is 6.03. The van der Waals surface area contributed by atoms with Crippen LogP contribution in [0.3, 0.4) is 0 Å². The Morgan fingerprint density at radius 1 is 1.19 bits per heavy atom. The van der Waals surface area contributed by atoms with Crippen molar-refractivity contribution < 1.29 is 4.74 Å². The smallest absolute Gasteiger partial charge is 0.191 e. The normalized spacial score (nSPS) is 32.4. The molecule has 3 aliphatic rings. The van der Waals surface area contributed by atoms with Crippen molar-refractivity contribution in [3.8, 4) is 0 Å². The molecule has 0 aromatic rings. The molecule has 0 spiro atoms. The highest BCUT2D eigenvalue weighted by Gasteiger charge is 2.58. The third kappa shape index (κ3) is 4.85. The second-order valence-electron chi connectivity index (χ2n) is 9.23. The van der Waals surface area contributed by atoms with Crippen molar-refractivity contribution in [2.45, 2.75) is 71.6 Å². The second-order valence-corrected chi connectivity index (χ2v) is 9.23. The molecular weight excluding hydrogens is 439 g/mol. The van der Waals surface area contributed by atoms with Crippen molar-refractivity contribution >= 4 is 29.9 Å². The lowest BCUT2D eigenvalue weighted by atomic mass is 9.55. The highest BCUT2D eigenvalue weighted by molar-refractivity contribution is 14.0. The molecule has 6 heteroatoms. The maximum Gasteiger partial charge on any atom is 0.191 e. The quantitative estimate of drug-likeness (QED) is 0.371. The zero-order valence-corrected chi connectivity index (χ0v) is 19.6. The van der Waals surface area contributed by atoms with E-state index < -0.39 is 0 Å². The lowest BCUT2D eigenvalue weighted by molar-refractivity contribution is -0.188. The van der Waals surface area contributed by atoms with Gasteiger partial charge in [0.1, 0.15) is 0 Å². The van der Waals surface area contributed by atoms with Crippen LogP contribution < -0.4 is 10.6 Å². The van der Waals surface area contributed by atoms with E-state index in [1.54, 1.807) is 0 Å². The minimum absolute atomic E-state index is 0. The van der Waals surface area contributed by atoms with Crippen LogP contribution in [-0.2, 0) is 4.74 Å². The summed E-state index contributed by atoms with van der Waals surface area (Å²) >= 11 is 0. The van der Waals surface area contributed by atoms with Crippen LogP contribution in [0.5, 0.6) is 0 Å². The first-order valence-electron chi connectivity index (χ1n) is 10.3. The molecule has 26 heavy (non-hydrogen) atoms. The maximum absolute atomic E-state index is 6.03. The van der Waals surface area contributed by atoms with Crippen molar-refractivity contribution in [3.63, 3.8) is 0 Å². The first kappa shape index (κ1) is 22.2. The molecule has 2 aliphatic heterocycles. The molecule has 3 rings (SSSR count). The molecule has 0 bridgehead atoms. The van der Waals surface area contributed by atoms with Crippen LogP contribution in [0.2, 0.25) is 0 Å². The van der Waals surface area contributed by atoms with Gasteiger partial charge in [0.15, 0.2) is 5.96 Å². The average Bonchev–Trinajstić information content (AvgIpc) is 2.59. The summed E-state index contributed by atoms with van der Waals surface area (Å²) in [6.45, 7) is 13.8. The molecule has 0 aromatic heterocycles. The molecule has 3 unspecified atom stereocenters. The number of rotatable bonds is 4. The molecule has 0 amide bonds. The molecule has 1 saturated carbocycles. The Bertz CT molecular complexity index is 474. The van der Waals surface area contributed by atoms with Crippen molar-refractivity contribution in [3.05, 3.63) is 0 Å². The predicted octanol–water partition coefficient (Wildman–Crippen LogP) is 3.09. The summed E-state index contributed by atoms with van der Waals surface area (Å²) in [6.07, 6.45) is 5.29. The minimum Gasteiger partial charge on any atom is -0.377 e. The molecule has 2 saturated heterocycles. The average molecular weight is 478 g/mol. The van der Waals surface area contributed by atoms with Crippen LogP contribution in [0.1, 0.15) is 53.4 Å². The highest BCUT2D eigenvalue weighted by atomic mass is 127. The number of nitrogens with zero attached hydrogens (tertiary/aromatic N) is 2. The fourth-order valence-electron chi connectivity index (χ4n) is 5.10. The first-order valence-corrected chi connectivity index (χ1v) is 10.3. The molecule has 0 radical (unpaired) electrons. The summed E-state index contributed by atoms with van der Waals surface area (Å²) in [5, 5.41) is 7.41. The van der Waals surface area contributed by atoms with E-state index in [9.17, 15) is 0 Å². The molecule has 3 atom stereocenters. The third-order valence-electron chi connectivity index (χ3n) is 6.40. The number of hydrogen-bond acceptors (Lipinski definition) is 3. The Balaban J connectivity index is 0.00000243. The molecule has 2 heterocycles. The van der Waals surface area contributed by atoms with E-state index in [1.807, 2.05) is 7.05 Å². The Hall–Kier alpha value is -0.0800. The van der Waals surface area contributed by atoms with Gasteiger partial charge in [-0.15, -0.1) is 24.0 Å². The van der Waals surface area contributed by atoms with E-state index in [4.69, 9.17) is 4.74 Å². The number of hydrogen-bond donors (Lipinski definition) is 2. The SMILES string of the molecule is CN=C(NC1CCN(CC(C)C)CC1)NC1C2CCCOC2C1(C)C.I. The van der Waals surface area contributed by atoms with Gasteiger partial charge in [-0.3, -0.25) is 4.99 Å². The molecular formula is C20H39IN4O. The van der Waals surface area contributed by atoms with Crippen LogP contribution in [0.25, 0.3) is 0 Å². The fourth-order valence-corrected chi connectivity index (χ4v) is 5.10. The zero-order valence-electron chi connectivity index (χ0n) is 17.3. The van der Waals surface area contributed by atoms with Crippen LogP contribution in [-0.4, -0.2) is 62.3 Å². The van der Waals surface area contributed by atoms with E-state index >= 15 is 0 Å². The lowest BCUT2D eigenvalue weighted by Gasteiger charge is -2.60. The molecule has 152 valence electrons. The Morgan fingerprint density at radius 3 is 2.50 bits per heavy atom. The largest absolute Gasteiger partial charge is 0.377 e. The van der Waals surface area contributed by atoms with Gasteiger partial charge in [-0.05, 0) is 31.6 Å². The van der Waals surface area contributed by atoms with E-state index in [1.165, 1.54) is 45.3 Å². The van der Waals surface area contributed by atoms with Gasteiger partial charge in [0.05, 0.1) is 6.10 Å². The minimum atomic E-state index is 0. The van der Waals surface area contributed by atoms with Gasteiger partial charge in [0.2, 0.25) is 0 Å². The van der Waals surface area contributed by atoms with Gasteiger partial charge < -0.3 is 20.3 Å². The number of nitrogens with one attached hydrogen (secondary N) is 2. The van der Waals surface area contributed by atoms with Crippen LogP contribution >= 0.6 is 24.0 Å². The number of halogens is 1. The van der Waals surface area contributed by atoms with Crippen molar-refractivity contribution in [2.75, 3.05) is 33.3 Å². The monoisotopic (exact) mass is 478 g/mol. The third-order valence-corrected chi connectivity index (χ3v) is 6.40. The Morgan fingerprint density at radius 2 is 1.88 bits per heavy atom. The van der Waals surface area contributed by atoms with Crippen molar-refractivity contribution in [1.82, 2.24) is 15.5 Å². The standard InChI is InChI=1S/C20H38N4O.HI/c1-14(2)13-24-10-8-15(9-11-24)22-19(21-5)23-17-16-7-6-12-25-18(16)20(17,3)4;/h14-18H,6-13H2,1-5H3,(H2,21,22,23);1H. The van der Waals surface area contributed by atoms with E-state index in [0.29, 0.717) is 24.1 Å². The summed E-state index contributed by atoms with van der Waals surface area (Å²) in [4.78, 5) is 7.11. The van der Waals surface area contributed by atoms with Gasteiger partial charge in [0, 0.05) is 56.7 Å². The summed E-state index contributed by atoms with van der Waals surface area (Å²) in [7, 11) is 1.89. The number of fused-ring (bicyclic) bond motifs is 1. The summed E-state index contributed by atoms with van der Waals surface area (Å²) < 4.78 is 6.03. The van der Waals surface area contributed by atoms with Crippen molar-refractivity contribution in [2.24, 2.45) is 22.2 Å². The topological polar surface area (TPSA) is 48.9 Å². The molecule has 3 fully saturated rings. The van der Waals surface area contributed by atoms with Crippen molar-refractivity contribution in [1.29, 1.82) is 0 Å². The zero-order chi connectivity index (χ0) is 18.0. The summed E-state index contributed by atoms with van der Waals surface area (Å²) in [5.41, 5.74) is 0.184. The number of ether oxygens (including phenoxy) is 1. The Kier molecular flexibility index (Phi) is 8.04. The highest BCUT2D eigenvalue weighted by Crippen LogP contribution is 2.51. The van der Waals surface area contributed by atoms with E-state index in [0.717, 1.165) is 18.5 Å². The molecule has 0 aromatic carbocycles. The molecule has 5 nitrogen and oxygen atoms in total. The second kappa shape index (κ2) is 9.41. The lowest BCUT2D eigenvalue weighted by Crippen LogP contribution is -2.71. The van der Waals surface area contributed by atoms with Gasteiger partial charge in [-0.25, -0.2) is 0 Å².